The molecule has 1 heterocycles. The van der Waals surface area contributed by atoms with Gasteiger partial charge in [0.05, 0.1) is 18.4 Å². The molecule has 0 radical (unpaired) electrons. The van der Waals surface area contributed by atoms with Crippen molar-refractivity contribution in [3.63, 3.8) is 0 Å². The number of methoxy groups -OCH3 is 1. The number of alkyl halides is 3. The Morgan fingerprint density at radius 2 is 1.87 bits per heavy atom. The maximum absolute atomic E-state index is 13.0. The van der Waals surface area contributed by atoms with E-state index in [9.17, 15) is 18.0 Å². The Kier molecular flexibility index (Phi) is 5.96. The molecule has 5 nitrogen and oxygen atoms in total. The Balaban J connectivity index is 1.78. The summed E-state index contributed by atoms with van der Waals surface area (Å²) in [7, 11) is 1.18. The largest absolute Gasteiger partial charge is 0.496 e. The smallest absolute Gasteiger partial charge is 0.419 e. The summed E-state index contributed by atoms with van der Waals surface area (Å²) in [6, 6.07) is 12.1. The third-order valence-corrected chi connectivity index (χ3v) is 4.50. The average molecular weight is 416 g/mol. The van der Waals surface area contributed by atoms with Gasteiger partial charge in [-0.2, -0.15) is 13.2 Å². The van der Waals surface area contributed by atoms with Crippen LogP contribution in [0.5, 0.6) is 11.5 Å². The summed E-state index contributed by atoms with van der Waals surface area (Å²) < 4.78 is 49.4. The number of ether oxygens (including phenoxy) is 2. The van der Waals surface area contributed by atoms with Crippen LogP contribution in [0.2, 0.25) is 0 Å². The Labute approximate surface area is 171 Å². The zero-order chi connectivity index (χ0) is 21.9. The molecule has 3 aromatic rings. The van der Waals surface area contributed by atoms with Crippen LogP contribution in [0.25, 0.3) is 11.3 Å². The second kappa shape index (κ2) is 8.44. The van der Waals surface area contributed by atoms with Crippen molar-refractivity contribution in [3.05, 3.63) is 77.0 Å². The van der Waals surface area contributed by atoms with Gasteiger partial charge in [-0.25, -0.2) is 0 Å². The van der Waals surface area contributed by atoms with E-state index in [2.05, 4.69) is 4.98 Å². The molecule has 0 saturated carbocycles. The van der Waals surface area contributed by atoms with Crippen LogP contribution >= 0.6 is 0 Å². The van der Waals surface area contributed by atoms with Gasteiger partial charge in [0.1, 0.15) is 18.1 Å². The summed E-state index contributed by atoms with van der Waals surface area (Å²) in [5, 5.41) is 0. The van der Waals surface area contributed by atoms with E-state index in [0.717, 1.165) is 22.8 Å². The van der Waals surface area contributed by atoms with E-state index in [4.69, 9.17) is 15.2 Å². The monoisotopic (exact) mass is 416 g/mol. The first kappa shape index (κ1) is 21.2. The fourth-order valence-electron chi connectivity index (χ4n) is 2.98. The van der Waals surface area contributed by atoms with Crippen molar-refractivity contribution < 1.29 is 27.4 Å². The number of nitrogens with zero attached hydrogens (tertiary/aromatic N) is 1. The van der Waals surface area contributed by atoms with Gasteiger partial charge < -0.3 is 15.2 Å². The molecule has 1 amide bonds. The lowest BCUT2D eigenvalue weighted by Gasteiger charge is -2.14. The zero-order valence-electron chi connectivity index (χ0n) is 16.3. The molecule has 30 heavy (non-hydrogen) atoms. The fraction of sp³-hybridized carbons (Fsp3) is 0.182. The molecule has 1 aromatic heterocycles. The van der Waals surface area contributed by atoms with Gasteiger partial charge >= 0.3 is 6.18 Å². The first-order valence-electron chi connectivity index (χ1n) is 8.93. The quantitative estimate of drug-likeness (QED) is 0.629. The second-order valence-corrected chi connectivity index (χ2v) is 6.59. The van der Waals surface area contributed by atoms with Gasteiger partial charge in [0, 0.05) is 23.4 Å². The molecule has 156 valence electrons. The van der Waals surface area contributed by atoms with Gasteiger partial charge in [0.25, 0.3) is 0 Å². The van der Waals surface area contributed by atoms with Crippen LogP contribution in [0.4, 0.5) is 13.2 Å². The van der Waals surface area contributed by atoms with Crippen LogP contribution in [0.15, 0.2) is 54.7 Å². The van der Waals surface area contributed by atoms with Crippen LogP contribution < -0.4 is 15.2 Å². The van der Waals surface area contributed by atoms with Gasteiger partial charge in [-0.3, -0.25) is 9.78 Å². The molecule has 0 aliphatic heterocycles. The number of halogens is 3. The minimum Gasteiger partial charge on any atom is -0.496 e. The molecule has 0 saturated heterocycles. The van der Waals surface area contributed by atoms with Crippen molar-refractivity contribution in [2.75, 3.05) is 7.11 Å². The molecule has 0 fully saturated rings. The molecule has 0 aliphatic carbocycles. The zero-order valence-corrected chi connectivity index (χ0v) is 16.3. The molecule has 0 bridgehead atoms. The van der Waals surface area contributed by atoms with Gasteiger partial charge in [0.15, 0.2) is 0 Å². The molecule has 0 unspecified atom stereocenters. The Hall–Kier alpha value is -3.55. The topological polar surface area (TPSA) is 74.4 Å². The number of nitrogens with two attached hydrogens (primary N) is 1. The molecule has 8 heteroatoms. The normalized spacial score (nSPS) is 11.2. The maximum atomic E-state index is 13.0. The number of benzene rings is 2. The van der Waals surface area contributed by atoms with Crippen LogP contribution in [0.1, 0.15) is 27.0 Å². The highest BCUT2D eigenvalue weighted by Crippen LogP contribution is 2.38. The molecule has 2 N–H and O–H groups in total. The van der Waals surface area contributed by atoms with E-state index >= 15 is 0 Å². The number of primary amides is 1. The van der Waals surface area contributed by atoms with Crippen molar-refractivity contribution in [1.29, 1.82) is 0 Å². The summed E-state index contributed by atoms with van der Waals surface area (Å²) >= 11 is 0. The number of carbonyl (C=O) groups is 1. The number of pyridine rings is 1. The summed E-state index contributed by atoms with van der Waals surface area (Å²) in [6.07, 6.45) is -2.90. The number of hydrogen-bond donors (Lipinski definition) is 1. The van der Waals surface area contributed by atoms with Crippen molar-refractivity contribution in [2.24, 2.45) is 5.73 Å². The minimum atomic E-state index is -4.51. The lowest BCUT2D eigenvalue weighted by atomic mass is 10.0. The standard InChI is InChI=1S/C22H19F3N2O3/c1-13-9-15(3-5-17(13)21(26)28)19-10-14(7-8-27-19)12-30-16-4-6-18(22(23,24)25)20(11-16)29-2/h3-11H,12H2,1-2H3,(H2,26,28). The van der Waals surface area contributed by atoms with Crippen LogP contribution in [0.3, 0.4) is 0 Å². The number of hydrogen-bond acceptors (Lipinski definition) is 4. The molecule has 0 aliphatic rings. The summed E-state index contributed by atoms with van der Waals surface area (Å²) in [5.41, 5.74) is 7.89. The first-order valence-corrected chi connectivity index (χ1v) is 8.93. The van der Waals surface area contributed by atoms with E-state index in [1.165, 1.54) is 19.2 Å². The predicted molar refractivity (Wildman–Crippen MR) is 105 cm³/mol. The van der Waals surface area contributed by atoms with Crippen molar-refractivity contribution in [3.8, 4) is 22.8 Å². The summed E-state index contributed by atoms with van der Waals surface area (Å²) in [4.78, 5) is 15.7. The van der Waals surface area contributed by atoms with E-state index < -0.39 is 17.6 Å². The van der Waals surface area contributed by atoms with Crippen molar-refractivity contribution in [1.82, 2.24) is 4.98 Å². The number of carbonyl (C=O) groups excluding carboxylic acids is 1. The highest BCUT2D eigenvalue weighted by atomic mass is 19.4. The van der Waals surface area contributed by atoms with Crippen LogP contribution in [-0.4, -0.2) is 18.0 Å². The van der Waals surface area contributed by atoms with Crippen LogP contribution in [-0.2, 0) is 12.8 Å². The van der Waals surface area contributed by atoms with E-state index in [1.54, 1.807) is 37.4 Å². The third-order valence-electron chi connectivity index (χ3n) is 4.50. The van der Waals surface area contributed by atoms with Gasteiger partial charge in [-0.15, -0.1) is 0 Å². The van der Waals surface area contributed by atoms with Crippen molar-refractivity contribution >= 4 is 5.91 Å². The molecular formula is C22H19F3N2O3. The first-order chi connectivity index (χ1) is 14.2. The summed E-state index contributed by atoms with van der Waals surface area (Å²) in [6.45, 7) is 1.91. The lowest BCUT2D eigenvalue weighted by Crippen LogP contribution is -2.12. The average Bonchev–Trinajstić information content (AvgIpc) is 2.71. The minimum absolute atomic E-state index is 0.127. The van der Waals surface area contributed by atoms with Gasteiger partial charge in [-0.05, 0) is 54.4 Å². The van der Waals surface area contributed by atoms with E-state index in [-0.39, 0.29) is 18.1 Å². The molecule has 0 atom stereocenters. The van der Waals surface area contributed by atoms with E-state index in [1.807, 2.05) is 6.07 Å². The number of rotatable bonds is 6. The highest BCUT2D eigenvalue weighted by Gasteiger charge is 2.34. The lowest BCUT2D eigenvalue weighted by molar-refractivity contribution is -0.138. The maximum Gasteiger partial charge on any atom is 0.419 e. The third kappa shape index (κ3) is 4.71. The predicted octanol–water partition coefficient (Wildman–Crippen LogP) is 4.76. The number of aromatic nitrogens is 1. The molecule has 3 rings (SSSR count). The highest BCUT2D eigenvalue weighted by molar-refractivity contribution is 5.94. The van der Waals surface area contributed by atoms with Crippen LogP contribution in [0, 0.1) is 6.92 Å². The molecule has 0 spiro atoms. The number of amides is 1. The van der Waals surface area contributed by atoms with Crippen molar-refractivity contribution in [2.45, 2.75) is 19.7 Å². The number of aryl methyl sites for hydroxylation is 1. The Morgan fingerprint density at radius 3 is 2.50 bits per heavy atom. The van der Waals surface area contributed by atoms with Gasteiger partial charge in [0.2, 0.25) is 5.91 Å². The van der Waals surface area contributed by atoms with Gasteiger partial charge in [-0.1, -0.05) is 6.07 Å². The summed E-state index contributed by atoms with van der Waals surface area (Å²) in [5.74, 6) is -0.554. The molecule has 2 aromatic carbocycles. The second-order valence-electron chi connectivity index (χ2n) is 6.59. The fourth-order valence-corrected chi connectivity index (χ4v) is 2.98. The van der Waals surface area contributed by atoms with E-state index in [0.29, 0.717) is 11.3 Å². The Morgan fingerprint density at radius 1 is 1.10 bits per heavy atom. The molecular weight excluding hydrogens is 397 g/mol. The Bertz CT molecular complexity index is 1080. The SMILES string of the molecule is COc1cc(OCc2ccnc(-c3ccc(C(N)=O)c(C)c3)c2)ccc1C(F)(F)F.